The van der Waals surface area contributed by atoms with Gasteiger partial charge in [0.1, 0.15) is 54.1 Å². The highest BCUT2D eigenvalue weighted by Crippen LogP contribution is 2.46. The van der Waals surface area contributed by atoms with Crippen molar-refractivity contribution in [2.75, 3.05) is 83.6 Å². The van der Waals surface area contributed by atoms with Crippen LogP contribution in [0.2, 0.25) is 0 Å². The first-order valence-electron chi connectivity index (χ1n) is 39.0. The number of hydrogen-bond donors (Lipinski definition) is 6. The molecule has 3 fully saturated rings. The van der Waals surface area contributed by atoms with Crippen molar-refractivity contribution in [2.24, 2.45) is 29.6 Å². The SMILES string of the molecule is COC(=O)CNC(=O)C[C@H](CC(C)C)NC(=O)c1cc(-c2c(OC)cccc2OC)n(C2CCC(C)C2)n1.COC(=O)CNC(=O)C[C@H](CC(C)C)NC(=O)c1cc(-c2c(OC)cccc2OC)n(C2CCCC2)n1.COC(=O)CNC(=O)C[C@H](CC(C)C)NC(=O)c1cc(-c2c(OC)cccc2OC)n(C2CCCC2C)n1. The van der Waals surface area contributed by atoms with E-state index in [1.165, 1.54) is 21.3 Å². The Kier molecular flexibility index (Phi) is 34.8. The molecular weight excluding hydrogens is 1450 g/mol. The lowest BCUT2D eigenvalue weighted by atomic mass is 10.0. The highest BCUT2D eigenvalue weighted by Gasteiger charge is 2.35. The van der Waals surface area contributed by atoms with Gasteiger partial charge in [-0.3, -0.25) is 57.2 Å². The van der Waals surface area contributed by atoms with Crippen LogP contribution in [-0.4, -0.2) is 184 Å². The third-order valence-electron chi connectivity index (χ3n) is 20.3. The Balaban J connectivity index is 0.000000235. The van der Waals surface area contributed by atoms with Crippen molar-refractivity contribution in [3.63, 3.8) is 0 Å². The molecule has 0 bridgehead atoms. The Morgan fingerprint density at radius 1 is 0.398 bits per heavy atom. The standard InChI is InChI=1S/2C28H40N4O6.C27H38N4O6/c1-17(2)13-19(14-25(33)29-16-26(34)38-6)30-28(35)20-15-22(32(31-20)21-10-7-9-18(21)3)27-23(36-4)11-8-12-24(27)37-5;1-17(2)12-19(14-25(33)29-16-26(34)38-6)30-28(35)21-15-22(32(31-21)20-11-10-18(3)13-20)27-23(36-4)8-7-9-24(27)37-5;1-17(2)13-18(14-24(32)28-16-25(33)37-5)29-27(34)20-15-21(31(30-20)19-9-6-7-10-19)26-22(35-3)11-8-12-23(26)36-4/h8,11-12,15,17-19,21H,7,9-10,13-14,16H2,1-6H3,(H,29,33)(H,30,35);7-9,15,17-20H,10-14,16H2,1-6H3,(H,29,33)(H,30,35);8,11-12,15,17-19H,6-7,9-10,13-14,16H2,1-5H3,(H,28,32)(H,29,34)/t18?,19-,21?;18?,19-,20?;18-/m000/s1. The first-order chi connectivity index (χ1) is 54.1. The zero-order chi connectivity index (χ0) is 82.6. The van der Waals surface area contributed by atoms with Crippen LogP contribution >= 0.6 is 0 Å². The minimum absolute atomic E-state index is 0.0362. The Bertz CT molecular complexity index is 4110. The third kappa shape index (κ3) is 25.4. The van der Waals surface area contributed by atoms with Crippen LogP contribution in [0.15, 0.2) is 72.8 Å². The van der Waals surface area contributed by atoms with Gasteiger partial charge >= 0.3 is 17.9 Å². The molecule has 4 unspecified atom stereocenters. The fraction of sp³-hybridized carbons (Fsp3) is 0.566. The van der Waals surface area contributed by atoms with Crippen LogP contribution in [0.3, 0.4) is 0 Å². The predicted molar refractivity (Wildman–Crippen MR) is 425 cm³/mol. The van der Waals surface area contributed by atoms with Crippen LogP contribution in [0, 0.1) is 29.6 Å². The minimum atomic E-state index is -0.534. The van der Waals surface area contributed by atoms with Crippen LogP contribution in [0.1, 0.15) is 208 Å². The monoisotopic (exact) mass is 1570 g/mol. The number of hydrogen-bond acceptors (Lipinski definition) is 21. The fourth-order valence-corrected chi connectivity index (χ4v) is 14.9. The number of methoxy groups -OCH3 is 9. The summed E-state index contributed by atoms with van der Waals surface area (Å²) in [4.78, 5) is 112. The van der Waals surface area contributed by atoms with E-state index in [0.29, 0.717) is 65.6 Å². The number of aromatic nitrogens is 6. The van der Waals surface area contributed by atoms with Gasteiger partial charge in [-0.15, -0.1) is 0 Å². The number of benzene rings is 3. The summed E-state index contributed by atoms with van der Waals surface area (Å²) >= 11 is 0. The zero-order valence-corrected chi connectivity index (χ0v) is 68.7. The van der Waals surface area contributed by atoms with Crippen molar-refractivity contribution in [2.45, 2.75) is 194 Å². The molecule has 3 aromatic carbocycles. The summed E-state index contributed by atoms with van der Waals surface area (Å²) in [6.45, 7) is 15.9. The van der Waals surface area contributed by atoms with Gasteiger partial charge in [0, 0.05) is 37.4 Å². The van der Waals surface area contributed by atoms with Gasteiger partial charge in [-0.05, 0) is 148 Å². The van der Waals surface area contributed by atoms with E-state index >= 15 is 0 Å². The molecule has 3 saturated carbocycles. The molecule has 3 aromatic heterocycles. The molecular formula is C83H118N12O18. The van der Waals surface area contributed by atoms with Gasteiger partial charge in [0.15, 0.2) is 17.1 Å². The molecule has 0 saturated heterocycles. The first-order valence-corrected chi connectivity index (χ1v) is 39.0. The number of carbonyl (C=O) groups excluding carboxylic acids is 9. The normalized spacial score (nSPS) is 16.6. The Morgan fingerprint density at radius 2 is 0.708 bits per heavy atom. The number of nitrogens with one attached hydrogen (secondary N) is 6. The number of carbonyl (C=O) groups is 9. The van der Waals surface area contributed by atoms with E-state index in [1.54, 1.807) is 60.9 Å². The average molecular weight is 1570 g/mol. The minimum Gasteiger partial charge on any atom is -0.496 e. The van der Waals surface area contributed by atoms with E-state index in [-0.39, 0.29) is 127 Å². The van der Waals surface area contributed by atoms with E-state index in [0.717, 1.165) is 98.0 Å². The molecule has 6 N–H and O–H groups in total. The van der Waals surface area contributed by atoms with Crippen LogP contribution in [-0.2, 0) is 43.0 Å². The number of esters is 3. The maximum atomic E-state index is 13.5. The zero-order valence-electron chi connectivity index (χ0n) is 68.7. The molecule has 6 aromatic rings. The lowest BCUT2D eigenvalue weighted by molar-refractivity contribution is -0.141. The summed E-state index contributed by atoms with van der Waals surface area (Å²) in [6.07, 6.45) is 12.2. The summed E-state index contributed by atoms with van der Waals surface area (Å²) in [5, 5.41) is 30.9. The van der Waals surface area contributed by atoms with Crippen LogP contribution < -0.4 is 60.3 Å². The predicted octanol–water partition coefficient (Wildman–Crippen LogP) is 11.0. The van der Waals surface area contributed by atoms with Gasteiger partial charge < -0.3 is 74.5 Å². The lowest BCUT2D eigenvalue weighted by Gasteiger charge is -2.21. The van der Waals surface area contributed by atoms with Crippen molar-refractivity contribution >= 4 is 53.4 Å². The van der Waals surface area contributed by atoms with Crippen molar-refractivity contribution in [3.8, 4) is 68.3 Å². The topological polar surface area (TPSA) is 362 Å². The second-order valence-corrected chi connectivity index (χ2v) is 30.2. The van der Waals surface area contributed by atoms with Gasteiger partial charge in [-0.25, -0.2) is 0 Å². The van der Waals surface area contributed by atoms with Crippen molar-refractivity contribution < 1.29 is 85.8 Å². The number of ether oxygens (including phenoxy) is 9. The van der Waals surface area contributed by atoms with Crippen LogP contribution in [0.25, 0.3) is 33.8 Å². The van der Waals surface area contributed by atoms with Crippen LogP contribution in [0.4, 0.5) is 0 Å². The van der Waals surface area contributed by atoms with Crippen LogP contribution in [0.5, 0.6) is 34.5 Å². The number of rotatable bonds is 36. The van der Waals surface area contributed by atoms with Crippen molar-refractivity contribution in [1.82, 2.24) is 61.2 Å². The third-order valence-corrected chi connectivity index (χ3v) is 20.3. The molecule has 0 radical (unpaired) electrons. The fourth-order valence-electron chi connectivity index (χ4n) is 14.9. The quantitative estimate of drug-likeness (QED) is 0.0157. The van der Waals surface area contributed by atoms with Crippen molar-refractivity contribution in [3.05, 3.63) is 89.9 Å². The van der Waals surface area contributed by atoms with Gasteiger partial charge in [-0.2, -0.15) is 15.3 Å². The summed E-state index contributed by atoms with van der Waals surface area (Å²) in [7, 11) is 13.4. The van der Waals surface area contributed by atoms with Gasteiger partial charge in [0.05, 0.1) is 116 Å². The second-order valence-electron chi connectivity index (χ2n) is 30.2. The largest absolute Gasteiger partial charge is 0.496 e. The smallest absolute Gasteiger partial charge is 0.325 e. The molecule has 30 heteroatoms. The Morgan fingerprint density at radius 3 is 0.982 bits per heavy atom. The summed E-state index contributed by atoms with van der Waals surface area (Å²) in [5.74, 6) is 1.73. The summed E-state index contributed by atoms with van der Waals surface area (Å²) in [6, 6.07) is 21.2. The molecule has 7 atom stereocenters. The van der Waals surface area contributed by atoms with E-state index in [2.05, 4.69) is 60.0 Å². The van der Waals surface area contributed by atoms with Gasteiger partial charge in [0.25, 0.3) is 17.7 Å². The molecule has 3 heterocycles. The molecule has 0 spiro atoms. The molecule has 618 valence electrons. The summed E-state index contributed by atoms with van der Waals surface area (Å²) < 4.78 is 53.4. The molecule has 9 rings (SSSR count). The second kappa shape index (κ2) is 43.9. The highest BCUT2D eigenvalue weighted by molar-refractivity contribution is 5.97. The van der Waals surface area contributed by atoms with Gasteiger partial charge in [0.2, 0.25) is 17.7 Å². The van der Waals surface area contributed by atoms with Gasteiger partial charge in [-0.1, -0.05) is 92.9 Å². The molecule has 6 amide bonds. The summed E-state index contributed by atoms with van der Waals surface area (Å²) in [5.41, 5.74) is 5.26. The maximum Gasteiger partial charge on any atom is 0.325 e. The molecule has 0 aliphatic heterocycles. The molecule has 30 nitrogen and oxygen atoms in total. The van der Waals surface area contributed by atoms with Crippen molar-refractivity contribution in [1.29, 1.82) is 0 Å². The van der Waals surface area contributed by atoms with E-state index in [1.807, 2.05) is 110 Å². The average Bonchev–Trinajstić information content (AvgIpc) is 1.67. The van der Waals surface area contributed by atoms with E-state index in [4.69, 9.17) is 43.7 Å². The molecule has 3 aliphatic carbocycles. The Hall–Kier alpha value is -10.7. The molecule has 113 heavy (non-hydrogen) atoms. The number of nitrogens with zero attached hydrogens (tertiary/aromatic N) is 6. The highest BCUT2D eigenvalue weighted by atomic mass is 16.5. The van der Waals surface area contributed by atoms with E-state index in [9.17, 15) is 43.2 Å². The maximum absolute atomic E-state index is 13.5. The first kappa shape index (κ1) is 89.5. The Labute approximate surface area is 663 Å². The molecule has 3 aliphatic rings. The van der Waals surface area contributed by atoms with E-state index < -0.39 is 36.0 Å². The number of amides is 6. The lowest BCUT2D eigenvalue weighted by Crippen LogP contribution is -2.41.